The van der Waals surface area contributed by atoms with E-state index < -0.39 is 0 Å². The smallest absolute Gasteiger partial charge is 0.249 e. The van der Waals surface area contributed by atoms with Gasteiger partial charge in [-0.1, -0.05) is 26.3 Å². The number of carbonyl (C=O) groups excluding carboxylic acids is 1. The number of carbonyl (C=O) groups is 1. The average Bonchev–Trinajstić information content (AvgIpc) is 2.67. The van der Waals surface area contributed by atoms with Crippen molar-refractivity contribution >= 4 is 5.91 Å². The quantitative estimate of drug-likeness (QED) is 0.701. The van der Waals surface area contributed by atoms with Gasteiger partial charge in [-0.25, -0.2) is 0 Å². The number of hydrogen-bond donors (Lipinski definition) is 0. The summed E-state index contributed by atoms with van der Waals surface area (Å²) < 4.78 is 0. The van der Waals surface area contributed by atoms with Gasteiger partial charge in [0.2, 0.25) is 5.91 Å². The van der Waals surface area contributed by atoms with Crippen LogP contribution in [0.1, 0.15) is 53.4 Å². The van der Waals surface area contributed by atoms with Gasteiger partial charge in [0.05, 0.1) is 0 Å². The molecule has 2 heteroatoms. The second kappa shape index (κ2) is 7.49. The van der Waals surface area contributed by atoms with E-state index in [2.05, 4.69) is 13.8 Å². The summed E-state index contributed by atoms with van der Waals surface area (Å²) in [6, 6.07) is 0. The summed E-state index contributed by atoms with van der Waals surface area (Å²) in [5, 5.41) is 0. The van der Waals surface area contributed by atoms with E-state index in [1.165, 1.54) is 5.57 Å². The van der Waals surface area contributed by atoms with Gasteiger partial charge in [0.25, 0.3) is 0 Å². The fourth-order valence-electron chi connectivity index (χ4n) is 1.85. The predicted octanol–water partition coefficient (Wildman–Crippen LogP) is 3.38. The summed E-state index contributed by atoms with van der Waals surface area (Å²) >= 11 is 0. The molecule has 0 heterocycles. The van der Waals surface area contributed by atoms with Gasteiger partial charge in [-0.3, -0.25) is 4.79 Å². The molecule has 0 bridgehead atoms. The highest BCUT2D eigenvalue weighted by atomic mass is 16.2. The van der Waals surface area contributed by atoms with Crippen LogP contribution in [0.4, 0.5) is 0 Å². The Kier molecular flexibility index (Phi) is 7.10. The maximum absolute atomic E-state index is 11.8. The SMILES string of the molecule is CC.CCCN(C)C(=O)C1=C(C)CCC1. The topological polar surface area (TPSA) is 20.3 Å². The van der Waals surface area contributed by atoms with E-state index in [9.17, 15) is 4.79 Å². The van der Waals surface area contributed by atoms with Gasteiger partial charge in [0.15, 0.2) is 0 Å². The molecule has 0 unspecified atom stereocenters. The minimum Gasteiger partial charge on any atom is -0.342 e. The molecule has 0 saturated carbocycles. The molecule has 0 atom stereocenters. The molecule has 0 fully saturated rings. The Balaban J connectivity index is 0.000000921. The molecule has 0 aromatic carbocycles. The van der Waals surface area contributed by atoms with Gasteiger partial charge in [-0.15, -0.1) is 0 Å². The Morgan fingerprint density at radius 1 is 1.33 bits per heavy atom. The highest BCUT2D eigenvalue weighted by Gasteiger charge is 2.20. The molecule has 1 rings (SSSR count). The molecular weight excluding hydrogens is 186 g/mol. The monoisotopic (exact) mass is 211 g/mol. The lowest BCUT2D eigenvalue weighted by molar-refractivity contribution is -0.126. The summed E-state index contributed by atoms with van der Waals surface area (Å²) in [6.45, 7) is 9.05. The Morgan fingerprint density at radius 3 is 2.33 bits per heavy atom. The lowest BCUT2D eigenvalue weighted by Crippen LogP contribution is -2.28. The Labute approximate surface area is 94.4 Å². The highest BCUT2D eigenvalue weighted by molar-refractivity contribution is 5.94. The first-order valence-corrected chi connectivity index (χ1v) is 6.11. The number of nitrogens with zero attached hydrogens (tertiary/aromatic N) is 1. The molecule has 2 nitrogen and oxygen atoms in total. The third kappa shape index (κ3) is 4.06. The summed E-state index contributed by atoms with van der Waals surface area (Å²) in [5.41, 5.74) is 2.36. The van der Waals surface area contributed by atoms with Crippen molar-refractivity contribution in [3.05, 3.63) is 11.1 Å². The van der Waals surface area contributed by atoms with Crippen molar-refractivity contribution in [2.75, 3.05) is 13.6 Å². The number of rotatable bonds is 3. The summed E-state index contributed by atoms with van der Waals surface area (Å²) in [4.78, 5) is 13.7. The van der Waals surface area contributed by atoms with Crippen LogP contribution in [0, 0.1) is 0 Å². The van der Waals surface area contributed by atoms with Crippen LogP contribution < -0.4 is 0 Å². The van der Waals surface area contributed by atoms with E-state index in [4.69, 9.17) is 0 Å². The van der Waals surface area contributed by atoms with E-state index in [1.54, 1.807) is 0 Å². The largest absolute Gasteiger partial charge is 0.342 e. The number of allylic oxidation sites excluding steroid dienone is 1. The van der Waals surface area contributed by atoms with Crippen molar-refractivity contribution in [3.63, 3.8) is 0 Å². The van der Waals surface area contributed by atoms with Crippen LogP contribution in [0.2, 0.25) is 0 Å². The molecule has 1 amide bonds. The lowest BCUT2D eigenvalue weighted by atomic mass is 10.1. The van der Waals surface area contributed by atoms with Crippen molar-refractivity contribution in [1.29, 1.82) is 0 Å². The molecule has 1 aliphatic carbocycles. The minimum atomic E-state index is 0.247. The zero-order valence-electron chi connectivity index (χ0n) is 10.9. The maximum Gasteiger partial charge on any atom is 0.249 e. The molecule has 88 valence electrons. The van der Waals surface area contributed by atoms with Gasteiger partial charge < -0.3 is 4.90 Å². The van der Waals surface area contributed by atoms with Gasteiger partial charge >= 0.3 is 0 Å². The second-order valence-corrected chi connectivity index (χ2v) is 3.84. The lowest BCUT2D eigenvalue weighted by Gasteiger charge is -2.17. The fourth-order valence-corrected chi connectivity index (χ4v) is 1.85. The standard InChI is InChI=1S/C11H19NO.C2H6/c1-4-8-12(3)11(13)10-7-5-6-9(10)2;1-2/h4-8H2,1-3H3;1-2H3. The zero-order valence-corrected chi connectivity index (χ0v) is 10.9. The van der Waals surface area contributed by atoms with Crippen LogP contribution in [0.5, 0.6) is 0 Å². The summed E-state index contributed by atoms with van der Waals surface area (Å²) in [7, 11) is 1.89. The highest BCUT2D eigenvalue weighted by Crippen LogP contribution is 2.26. The Bertz CT molecular complexity index is 231. The summed E-state index contributed by atoms with van der Waals surface area (Å²) in [5.74, 6) is 0.247. The zero-order chi connectivity index (χ0) is 11.8. The first-order chi connectivity index (χ1) is 7.16. The average molecular weight is 211 g/mol. The predicted molar refractivity (Wildman–Crippen MR) is 65.8 cm³/mol. The second-order valence-electron chi connectivity index (χ2n) is 3.84. The molecule has 0 spiro atoms. The molecule has 0 N–H and O–H groups in total. The van der Waals surface area contributed by atoms with E-state index in [0.29, 0.717) is 0 Å². The Hall–Kier alpha value is -0.790. The number of amides is 1. The van der Waals surface area contributed by atoms with Gasteiger partial charge in [0.1, 0.15) is 0 Å². The minimum absolute atomic E-state index is 0.247. The van der Waals surface area contributed by atoms with Crippen LogP contribution in [-0.2, 0) is 4.79 Å². The van der Waals surface area contributed by atoms with Gasteiger partial charge in [-0.05, 0) is 32.6 Å². The van der Waals surface area contributed by atoms with Gasteiger partial charge in [0, 0.05) is 19.2 Å². The van der Waals surface area contributed by atoms with E-state index in [1.807, 2.05) is 25.8 Å². The van der Waals surface area contributed by atoms with E-state index in [-0.39, 0.29) is 5.91 Å². The van der Waals surface area contributed by atoms with Crippen LogP contribution in [-0.4, -0.2) is 24.4 Å². The van der Waals surface area contributed by atoms with Crippen molar-refractivity contribution < 1.29 is 4.79 Å². The van der Waals surface area contributed by atoms with Crippen molar-refractivity contribution in [1.82, 2.24) is 4.90 Å². The molecule has 1 aliphatic rings. The van der Waals surface area contributed by atoms with Crippen molar-refractivity contribution in [3.8, 4) is 0 Å². The first kappa shape index (κ1) is 14.2. The van der Waals surface area contributed by atoms with Crippen molar-refractivity contribution in [2.45, 2.75) is 53.4 Å². The molecule has 0 saturated heterocycles. The van der Waals surface area contributed by atoms with Gasteiger partial charge in [-0.2, -0.15) is 0 Å². The molecule has 0 aliphatic heterocycles. The normalized spacial score (nSPS) is 14.7. The molecular formula is C13H25NO. The number of hydrogen-bond acceptors (Lipinski definition) is 1. The maximum atomic E-state index is 11.8. The first-order valence-electron chi connectivity index (χ1n) is 6.11. The van der Waals surface area contributed by atoms with Crippen molar-refractivity contribution in [2.24, 2.45) is 0 Å². The fraction of sp³-hybridized carbons (Fsp3) is 0.769. The van der Waals surface area contributed by atoms with E-state index in [0.717, 1.165) is 37.8 Å². The van der Waals surface area contributed by atoms with Crippen LogP contribution in [0.25, 0.3) is 0 Å². The molecule has 0 aromatic rings. The van der Waals surface area contributed by atoms with Crippen LogP contribution in [0.15, 0.2) is 11.1 Å². The third-order valence-corrected chi connectivity index (χ3v) is 2.66. The summed E-state index contributed by atoms with van der Waals surface area (Å²) in [6.07, 6.45) is 4.29. The van der Waals surface area contributed by atoms with Crippen LogP contribution >= 0.6 is 0 Å². The molecule has 0 radical (unpaired) electrons. The molecule has 0 aromatic heterocycles. The van der Waals surface area contributed by atoms with E-state index >= 15 is 0 Å². The third-order valence-electron chi connectivity index (χ3n) is 2.66. The molecule has 15 heavy (non-hydrogen) atoms. The number of likely N-dealkylation sites (N-methyl/N-ethyl adjacent to an activating group) is 1. The van der Waals surface area contributed by atoms with Crippen LogP contribution in [0.3, 0.4) is 0 Å². The Morgan fingerprint density at radius 2 is 1.93 bits per heavy atom.